The third-order valence-corrected chi connectivity index (χ3v) is 5.72. The van der Waals surface area contributed by atoms with Crippen LogP contribution in [-0.4, -0.2) is 50.4 Å². The first kappa shape index (κ1) is 22.4. The molecule has 0 spiro atoms. The quantitative estimate of drug-likeness (QED) is 0.444. The second-order valence-corrected chi connectivity index (χ2v) is 7.67. The number of carbonyl (C=O) groups is 1. The van der Waals surface area contributed by atoms with Gasteiger partial charge in [-0.1, -0.05) is 0 Å². The number of amides is 1. The number of pyridine rings is 1. The van der Waals surface area contributed by atoms with E-state index in [2.05, 4.69) is 15.4 Å². The zero-order valence-electron chi connectivity index (χ0n) is 19.3. The fourth-order valence-electron chi connectivity index (χ4n) is 3.93. The molecular weight excluding hydrogens is 421 g/mol. The minimum absolute atomic E-state index is 0.189. The highest BCUT2D eigenvalue weighted by molar-refractivity contribution is 5.97. The maximum Gasteiger partial charge on any atom is 0.251 e. The van der Waals surface area contributed by atoms with Crippen molar-refractivity contribution in [2.45, 2.75) is 33.9 Å². The second-order valence-electron chi connectivity index (χ2n) is 7.67. The van der Waals surface area contributed by atoms with Crippen LogP contribution in [0.3, 0.4) is 0 Å². The first-order valence-corrected chi connectivity index (χ1v) is 11.1. The summed E-state index contributed by atoms with van der Waals surface area (Å²) in [6.07, 6.45) is 3.58. The molecule has 3 heterocycles. The van der Waals surface area contributed by atoms with Crippen LogP contribution in [0.5, 0.6) is 0 Å². The van der Waals surface area contributed by atoms with Gasteiger partial charge in [-0.2, -0.15) is 5.10 Å². The summed E-state index contributed by atoms with van der Waals surface area (Å²) in [6.45, 7) is 8.53. The Bertz CT molecular complexity index is 1290. The molecular formula is C24H28FN7O. The SMILES string of the molecule is CCN(CC)c1ncc(-c2nc3cc(C(=O)NC)ccc3n2Cc2ccn(CC)n2)cc1F. The molecule has 33 heavy (non-hydrogen) atoms. The largest absolute Gasteiger partial charge is 0.355 e. The Balaban J connectivity index is 1.84. The predicted octanol–water partition coefficient (Wildman–Crippen LogP) is 3.71. The Labute approximate surface area is 192 Å². The number of fused-ring (bicyclic) bond motifs is 1. The molecule has 0 aliphatic rings. The number of imidazole rings is 1. The average molecular weight is 450 g/mol. The topological polar surface area (TPSA) is 80.9 Å². The molecule has 0 aliphatic carbocycles. The molecule has 0 aliphatic heterocycles. The first-order chi connectivity index (χ1) is 16.0. The third kappa shape index (κ3) is 4.30. The Morgan fingerprint density at radius 2 is 1.94 bits per heavy atom. The number of carbonyl (C=O) groups excluding carboxylic acids is 1. The van der Waals surface area contributed by atoms with Crippen molar-refractivity contribution >= 4 is 22.8 Å². The monoisotopic (exact) mass is 449 g/mol. The Kier molecular flexibility index (Phi) is 6.39. The highest BCUT2D eigenvalue weighted by Crippen LogP contribution is 2.28. The molecule has 4 rings (SSSR count). The number of anilines is 1. The van der Waals surface area contributed by atoms with E-state index in [4.69, 9.17) is 4.98 Å². The van der Waals surface area contributed by atoms with Gasteiger partial charge < -0.3 is 14.8 Å². The van der Waals surface area contributed by atoms with Crippen LogP contribution in [0.25, 0.3) is 22.4 Å². The van der Waals surface area contributed by atoms with Gasteiger partial charge in [0, 0.05) is 50.2 Å². The van der Waals surface area contributed by atoms with Gasteiger partial charge in [0.15, 0.2) is 11.6 Å². The maximum absolute atomic E-state index is 15.0. The summed E-state index contributed by atoms with van der Waals surface area (Å²) in [4.78, 5) is 23.2. The smallest absolute Gasteiger partial charge is 0.251 e. The third-order valence-electron chi connectivity index (χ3n) is 5.72. The number of benzene rings is 1. The van der Waals surface area contributed by atoms with Crippen LogP contribution in [0.15, 0.2) is 42.7 Å². The van der Waals surface area contributed by atoms with E-state index in [9.17, 15) is 4.79 Å². The summed E-state index contributed by atoms with van der Waals surface area (Å²) < 4.78 is 18.9. The van der Waals surface area contributed by atoms with Crippen molar-refractivity contribution in [3.05, 3.63) is 59.8 Å². The van der Waals surface area contributed by atoms with E-state index in [1.807, 2.05) is 53.2 Å². The van der Waals surface area contributed by atoms with Gasteiger partial charge in [0.05, 0.1) is 23.3 Å². The molecule has 3 aromatic heterocycles. The van der Waals surface area contributed by atoms with Crippen molar-refractivity contribution in [1.82, 2.24) is 29.6 Å². The van der Waals surface area contributed by atoms with E-state index in [1.165, 1.54) is 6.07 Å². The molecule has 8 nitrogen and oxygen atoms in total. The lowest BCUT2D eigenvalue weighted by Gasteiger charge is -2.20. The van der Waals surface area contributed by atoms with Crippen LogP contribution in [0.1, 0.15) is 36.8 Å². The number of aromatic nitrogens is 5. The van der Waals surface area contributed by atoms with E-state index < -0.39 is 5.82 Å². The molecule has 1 aromatic carbocycles. The summed E-state index contributed by atoms with van der Waals surface area (Å²) in [7, 11) is 1.59. The van der Waals surface area contributed by atoms with Gasteiger partial charge >= 0.3 is 0 Å². The highest BCUT2D eigenvalue weighted by atomic mass is 19.1. The number of nitrogens with one attached hydrogen (secondary N) is 1. The summed E-state index contributed by atoms with van der Waals surface area (Å²) in [5.74, 6) is 0.319. The molecule has 172 valence electrons. The van der Waals surface area contributed by atoms with Gasteiger partial charge in [-0.3, -0.25) is 9.48 Å². The van der Waals surface area contributed by atoms with Gasteiger partial charge in [0.25, 0.3) is 5.91 Å². The number of aryl methyl sites for hydroxylation is 1. The second kappa shape index (κ2) is 9.40. The zero-order chi connectivity index (χ0) is 23.5. The normalized spacial score (nSPS) is 11.2. The predicted molar refractivity (Wildman–Crippen MR) is 127 cm³/mol. The van der Waals surface area contributed by atoms with Crippen molar-refractivity contribution in [3.8, 4) is 11.4 Å². The van der Waals surface area contributed by atoms with E-state index in [0.717, 1.165) is 17.8 Å². The summed E-state index contributed by atoms with van der Waals surface area (Å²) in [5, 5.41) is 7.22. The number of nitrogens with zero attached hydrogens (tertiary/aromatic N) is 6. The van der Waals surface area contributed by atoms with Crippen molar-refractivity contribution in [2.75, 3.05) is 25.0 Å². The Morgan fingerprint density at radius 3 is 2.58 bits per heavy atom. The average Bonchev–Trinajstić information content (AvgIpc) is 3.44. The Hall–Kier alpha value is -3.75. The number of rotatable bonds is 8. The molecule has 0 unspecified atom stereocenters. The van der Waals surface area contributed by atoms with E-state index >= 15 is 4.39 Å². The summed E-state index contributed by atoms with van der Waals surface area (Å²) >= 11 is 0. The fraction of sp³-hybridized carbons (Fsp3) is 0.333. The molecule has 0 saturated heterocycles. The van der Waals surface area contributed by atoms with Crippen LogP contribution in [0.4, 0.5) is 10.2 Å². The zero-order valence-corrected chi connectivity index (χ0v) is 19.3. The van der Waals surface area contributed by atoms with Crippen LogP contribution in [-0.2, 0) is 13.1 Å². The lowest BCUT2D eigenvalue weighted by atomic mass is 10.2. The molecule has 1 amide bonds. The molecule has 0 fully saturated rings. The lowest BCUT2D eigenvalue weighted by molar-refractivity contribution is 0.0963. The number of hydrogen-bond acceptors (Lipinski definition) is 5. The van der Waals surface area contributed by atoms with Crippen molar-refractivity contribution in [1.29, 1.82) is 0 Å². The van der Waals surface area contributed by atoms with Gasteiger partial charge in [-0.25, -0.2) is 14.4 Å². The van der Waals surface area contributed by atoms with Gasteiger partial charge in [0.2, 0.25) is 0 Å². The molecule has 4 aromatic rings. The van der Waals surface area contributed by atoms with Gasteiger partial charge in [-0.15, -0.1) is 0 Å². The van der Waals surface area contributed by atoms with E-state index in [-0.39, 0.29) is 5.91 Å². The molecule has 0 atom stereocenters. The maximum atomic E-state index is 15.0. The molecule has 0 bridgehead atoms. The minimum atomic E-state index is -0.392. The van der Waals surface area contributed by atoms with Crippen molar-refractivity contribution in [2.24, 2.45) is 0 Å². The van der Waals surface area contributed by atoms with Crippen LogP contribution in [0, 0.1) is 5.82 Å². The number of halogens is 1. The van der Waals surface area contributed by atoms with E-state index in [0.29, 0.717) is 47.9 Å². The van der Waals surface area contributed by atoms with Gasteiger partial charge in [0.1, 0.15) is 5.82 Å². The minimum Gasteiger partial charge on any atom is -0.355 e. The van der Waals surface area contributed by atoms with Crippen LogP contribution in [0.2, 0.25) is 0 Å². The van der Waals surface area contributed by atoms with Crippen molar-refractivity contribution in [3.63, 3.8) is 0 Å². The first-order valence-electron chi connectivity index (χ1n) is 11.1. The van der Waals surface area contributed by atoms with E-state index in [1.54, 1.807) is 25.4 Å². The molecule has 0 saturated carbocycles. The Morgan fingerprint density at radius 1 is 1.15 bits per heavy atom. The van der Waals surface area contributed by atoms with Crippen LogP contribution >= 0.6 is 0 Å². The standard InChI is InChI=1S/C24H28FN7O/c1-5-30(6-2)23-19(25)12-17(14-27-23)22-28-20-13-16(24(33)26-4)8-9-21(20)32(22)15-18-10-11-31(7-3)29-18/h8-14H,5-7,15H2,1-4H3,(H,26,33). The molecule has 0 radical (unpaired) electrons. The summed E-state index contributed by atoms with van der Waals surface area (Å²) in [5.41, 5.74) is 3.42. The van der Waals surface area contributed by atoms with Crippen LogP contribution < -0.4 is 10.2 Å². The molecule has 9 heteroatoms. The highest BCUT2D eigenvalue weighted by Gasteiger charge is 2.19. The fourth-order valence-corrected chi connectivity index (χ4v) is 3.93. The molecule has 1 N–H and O–H groups in total. The van der Waals surface area contributed by atoms with Crippen molar-refractivity contribution < 1.29 is 9.18 Å². The number of hydrogen-bond donors (Lipinski definition) is 1. The van der Waals surface area contributed by atoms with Gasteiger partial charge in [-0.05, 0) is 51.1 Å². The lowest BCUT2D eigenvalue weighted by Crippen LogP contribution is -2.24. The summed E-state index contributed by atoms with van der Waals surface area (Å²) in [6, 6.07) is 8.80.